The molecule has 154 valence electrons. The van der Waals surface area contributed by atoms with Gasteiger partial charge in [0.15, 0.2) is 0 Å². The predicted molar refractivity (Wildman–Crippen MR) is 119 cm³/mol. The maximum atomic E-state index is 13.4. The largest absolute Gasteiger partial charge is 0.349 e. The van der Waals surface area contributed by atoms with Gasteiger partial charge in [-0.1, -0.05) is 29.8 Å². The minimum Gasteiger partial charge on any atom is -0.349 e. The highest BCUT2D eigenvalue weighted by atomic mass is 32.1. The number of aryl methyl sites for hydroxylation is 1. The third kappa shape index (κ3) is 4.14. The van der Waals surface area contributed by atoms with Gasteiger partial charge in [0.1, 0.15) is 0 Å². The van der Waals surface area contributed by atoms with Crippen molar-refractivity contribution in [1.82, 2.24) is 10.3 Å². The topological polar surface area (TPSA) is 62.3 Å². The first-order valence-electron chi connectivity index (χ1n) is 10.2. The van der Waals surface area contributed by atoms with Gasteiger partial charge in [-0.25, -0.2) is 0 Å². The van der Waals surface area contributed by atoms with Crippen molar-refractivity contribution in [2.45, 2.75) is 38.8 Å². The fourth-order valence-electron chi connectivity index (χ4n) is 4.00. The molecule has 3 heterocycles. The molecular weight excluding hydrogens is 394 g/mol. The van der Waals surface area contributed by atoms with Gasteiger partial charge >= 0.3 is 0 Å². The van der Waals surface area contributed by atoms with E-state index in [0.29, 0.717) is 12.8 Å². The van der Waals surface area contributed by atoms with E-state index in [1.165, 1.54) is 0 Å². The zero-order valence-corrected chi connectivity index (χ0v) is 17.9. The number of anilines is 1. The summed E-state index contributed by atoms with van der Waals surface area (Å²) in [6, 6.07) is 15.3. The second-order valence-electron chi connectivity index (χ2n) is 7.72. The minimum atomic E-state index is -0.318. The van der Waals surface area contributed by atoms with Crippen molar-refractivity contribution in [2.75, 3.05) is 4.90 Å². The van der Waals surface area contributed by atoms with E-state index in [-0.39, 0.29) is 29.8 Å². The molecular formula is C24H25N3O2S. The van der Waals surface area contributed by atoms with Crippen LogP contribution in [0.5, 0.6) is 0 Å². The lowest BCUT2D eigenvalue weighted by Crippen LogP contribution is -2.48. The molecule has 0 saturated carbocycles. The van der Waals surface area contributed by atoms with Crippen LogP contribution in [0.4, 0.5) is 5.69 Å². The summed E-state index contributed by atoms with van der Waals surface area (Å²) >= 11 is 1.59. The number of benzene rings is 1. The molecule has 0 aliphatic carbocycles. The number of thiophene rings is 1. The van der Waals surface area contributed by atoms with Gasteiger partial charge in [-0.05, 0) is 55.5 Å². The molecule has 30 heavy (non-hydrogen) atoms. The number of pyridine rings is 1. The number of carbonyl (C=O) groups is 2. The smallest absolute Gasteiger partial charge is 0.227 e. The molecule has 0 bridgehead atoms. The highest BCUT2D eigenvalue weighted by molar-refractivity contribution is 7.10. The van der Waals surface area contributed by atoms with Gasteiger partial charge in [0.25, 0.3) is 0 Å². The summed E-state index contributed by atoms with van der Waals surface area (Å²) in [5.74, 6) is -0.294. The van der Waals surface area contributed by atoms with Crippen LogP contribution in [-0.2, 0) is 9.59 Å². The summed E-state index contributed by atoms with van der Waals surface area (Å²) in [6.45, 7) is 3.98. The zero-order valence-electron chi connectivity index (χ0n) is 17.1. The fraction of sp³-hybridized carbons (Fsp3) is 0.292. The van der Waals surface area contributed by atoms with Crippen LogP contribution in [0.2, 0.25) is 0 Å². The van der Waals surface area contributed by atoms with Crippen LogP contribution in [0.15, 0.2) is 66.3 Å². The highest BCUT2D eigenvalue weighted by Gasteiger charge is 2.42. The number of piperidine rings is 1. The Morgan fingerprint density at radius 3 is 2.67 bits per heavy atom. The van der Waals surface area contributed by atoms with Crippen LogP contribution in [0, 0.1) is 12.8 Å². The molecule has 3 atom stereocenters. The highest BCUT2D eigenvalue weighted by Crippen LogP contribution is 2.42. The molecule has 1 aliphatic heterocycles. The molecule has 0 radical (unpaired) electrons. The van der Waals surface area contributed by atoms with Crippen molar-refractivity contribution in [1.29, 1.82) is 0 Å². The zero-order chi connectivity index (χ0) is 21.1. The van der Waals surface area contributed by atoms with Crippen molar-refractivity contribution in [3.63, 3.8) is 0 Å². The third-order valence-corrected chi connectivity index (χ3v) is 6.57. The molecule has 5 nitrogen and oxygen atoms in total. The number of nitrogens with zero attached hydrogens (tertiary/aromatic N) is 2. The lowest BCUT2D eigenvalue weighted by Gasteiger charge is -2.40. The summed E-state index contributed by atoms with van der Waals surface area (Å²) in [5, 5.41) is 5.14. The van der Waals surface area contributed by atoms with Crippen LogP contribution < -0.4 is 10.2 Å². The van der Waals surface area contributed by atoms with E-state index >= 15 is 0 Å². The first kappa shape index (κ1) is 20.3. The monoisotopic (exact) mass is 419 g/mol. The summed E-state index contributed by atoms with van der Waals surface area (Å²) < 4.78 is 0. The van der Waals surface area contributed by atoms with Gasteiger partial charge in [-0.15, -0.1) is 11.3 Å². The number of hydrogen-bond acceptors (Lipinski definition) is 4. The number of rotatable bonds is 5. The van der Waals surface area contributed by atoms with Gasteiger partial charge in [-0.2, -0.15) is 0 Å². The molecule has 1 aromatic carbocycles. The maximum Gasteiger partial charge on any atom is 0.227 e. The second kappa shape index (κ2) is 8.79. The Labute approximate surface area is 180 Å². The van der Waals surface area contributed by atoms with E-state index in [2.05, 4.69) is 10.3 Å². The van der Waals surface area contributed by atoms with E-state index in [4.69, 9.17) is 0 Å². The van der Waals surface area contributed by atoms with E-state index in [0.717, 1.165) is 21.7 Å². The van der Waals surface area contributed by atoms with Crippen molar-refractivity contribution in [3.05, 3.63) is 82.3 Å². The molecule has 0 spiro atoms. The quantitative estimate of drug-likeness (QED) is 0.645. The standard InChI is InChI=1S/C24H25N3O2S/c1-16-7-9-19(10-8-16)27-22(28)12-11-20(23(27)21-6-4-14-30-21)24(29)26-17(2)18-5-3-13-25-15-18/h3-10,13-15,17,20,23H,11-12H2,1-2H3,(H,26,29). The molecule has 1 saturated heterocycles. The molecule has 1 N–H and O–H groups in total. The Kier molecular flexibility index (Phi) is 5.95. The molecule has 2 aromatic heterocycles. The molecule has 3 aromatic rings. The molecule has 1 fully saturated rings. The molecule has 1 aliphatic rings. The maximum absolute atomic E-state index is 13.4. The second-order valence-corrected chi connectivity index (χ2v) is 8.70. The average Bonchev–Trinajstić information content (AvgIpc) is 3.29. The van der Waals surface area contributed by atoms with E-state index in [1.54, 1.807) is 23.7 Å². The van der Waals surface area contributed by atoms with Gasteiger partial charge in [0, 0.05) is 29.4 Å². The summed E-state index contributed by atoms with van der Waals surface area (Å²) in [4.78, 5) is 33.3. The summed E-state index contributed by atoms with van der Waals surface area (Å²) in [5.41, 5.74) is 2.93. The molecule has 3 unspecified atom stereocenters. The third-order valence-electron chi connectivity index (χ3n) is 5.62. The average molecular weight is 420 g/mol. The molecule has 4 rings (SSSR count). The van der Waals surface area contributed by atoms with Crippen molar-refractivity contribution >= 4 is 28.8 Å². The number of nitrogens with one attached hydrogen (secondary N) is 1. The van der Waals surface area contributed by atoms with Crippen molar-refractivity contribution < 1.29 is 9.59 Å². The van der Waals surface area contributed by atoms with Crippen LogP contribution in [0.3, 0.4) is 0 Å². The minimum absolute atomic E-state index is 0.0330. The first-order chi connectivity index (χ1) is 14.5. The van der Waals surface area contributed by atoms with Gasteiger partial charge in [0.05, 0.1) is 18.0 Å². The molecule has 2 amide bonds. The molecule has 6 heteroatoms. The Hall–Kier alpha value is -2.99. The fourth-order valence-corrected chi connectivity index (χ4v) is 4.88. The number of amides is 2. The van der Waals surface area contributed by atoms with Gasteiger partial charge in [-0.3, -0.25) is 14.6 Å². The van der Waals surface area contributed by atoms with Crippen LogP contribution >= 0.6 is 11.3 Å². The van der Waals surface area contributed by atoms with Crippen LogP contribution in [-0.4, -0.2) is 16.8 Å². The number of carbonyl (C=O) groups excluding carboxylic acids is 2. The first-order valence-corrected chi connectivity index (χ1v) is 11.0. The van der Waals surface area contributed by atoms with Crippen LogP contribution in [0.25, 0.3) is 0 Å². The Morgan fingerprint density at radius 2 is 2.00 bits per heavy atom. The Morgan fingerprint density at radius 1 is 1.20 bits per heavy atom. The lowest BCUT2D eigenvalue weighted by molar-refractivity contribution is -0.129. The summed E-state index contributed by atoms with van der Waals surface area (Å²) in [7, 11) is 0. The Balaban J connectivity index is 1.65. The normalized spacial score (nSPS) is 20.1. The van der Waals surface area contributed by atoms with Gasteiger partial charge in [0.2, 0.25) is 11.8 Å². The van der Waals surface area contributed by atoms with Crippen molar-refractivity contribution in [3.8, 4) is 0 Å². The van der Waals surface area contributed by atoms with Crippen LogP contribution in [0.1, 0.15) is 47.9 Å². The van der Waals surface area contributed by atoms with E-state index in [1.807, 2.05) is 72.7 Å². The van der Waals surface area contributed by atoms with Gasteiger partial charge < -0.3 is 10.2 Å². The SMILES string of the molecule is Cc1ccc(N2C(=O)CCC(C(=O)NC(C)c3cccnc3)C2c2cccs2)cc1. The predicted octanol–water partition coefficient (Wildman–Crippen LogP) is 4.81. The number of hydrogen-bond donors (Lipinski definition) is 1. The lowest BCUT2D eigenvalue weighted by atomic mass is 9.86. The van der Waals surface area contributed by atoms with E-state index in [9.17, 15) is 9.59 Å². The van der Waals surface area contributed by atoms with Crippen molar-refractivity contribution in [2.24, 2.45) is 5.92 Å². The van der Waals surface area contributed by atoms with E-state index < -0.39 is 0 Å². The Bertz CT molecular complexity index is 1000. The summed E-state index contributed by atoms with van der Waals surface area (Å²) in [6.07, 6.45) is 4.38. The number of aromatic nitrogens is 1.